The van der Waals surface area contributed by atoms with Gasteiger partial charge in [0, 0.05) is 19.1 Å². The van der Waals surface area contributed by atoms with Gasteiger partial charge < -0.3 is 10.1 Å². The second kappa shape index (κ2) is 7.99. The maximum Gasteiger partial charge on any atom is 0.234 e. The molecule has 4 heteroatoms. The molecule has 4 nitrogen and oxygen atoms in total. The third-order valence-corrected chi connectivity index (χ3v) is 4.33. The molecule has 0 aromatic heterocycles. The molecule has 1 N–H and O–H groups in total. The second-order valence-electron chi connectivity index (χ2n) is 6.56. The topological polar surface area (TPSA) is 41.6 Å². The molecule has 1 saturated carbocycles. The minimum Gasteiger partial charge on any atom is -0.373 e. The number of amides is 1. The lowest BCUT2D eigenvalue weighted by atomic mass is 9.97. The molecule has 20 heavy (non-hydrogen) atoms. The van der Waals surface area contributed by atoms with Gasteiger partial charge in [-0.1, -0.05) is 32.1 Å². The summed E-state index contributed by atoms with van der Waals surface area (Å²) in [6.07, 6.45) is 9.30. The van der Waals surface area contributed by atoms with Crippen LogP contribution in [0.5, 0.6) is 0 Å². The number of nitrogens with one attached hydrogen (secondary N) is 1. The van der Waals surface area contributed by atoms with Crippen LogP contribution < -0.4 is 5.32 Å². The highest BCUT2D eigenvalue weighted by atomic mass is 16.5. The minimum atomic E-state index is 0.192. The van der Waals surface area contributed by atoms with Gasteiger partial charge in [0.25, 0.3) is 0 Å². The number of morpholine rings is 1. The number of nitrogens with zero attached hydrogens (tertiary/aromatic N) is 1. The van der Waals surface area contributed by atoms with Crippen molar-refractivity contribution >= 4 is 5.91 Å². The molecule has 1 saturated heterocycles. The zero-order valence-electron chi connectivity index (χ0n) is 13.1. The fourth-order valence-electron chi connectivity index (χ4n) is 3.49. The van der Waals surface area contributed by atoms with Crippen LogP contribution in [0, 0.1) is 0 Å². The molecule has 2 fully saturated rings. The lowest BCUT2D eigenvalue weighted by molar-refractivity contribution is -0.126. The minimum absolute atomic E-state index is 0.192. The summed E-state index contributed by atoms with van der Waals surface area (Å²) < 4.78 is 5.70. The molecule has 0 aromatic carbocycles. The molecule has 0 spiro atoms. The Labute approximate surface area is 123 Å². The van der Waals surface area contributed by atoms with E-state index in [1.54, 1.807) is 0 Å². The van der Waals surface area contributed by atoms with Crippen molar-refractivity contribution in [2.24, 2.45) is 0 Å². The van der Waals surface area contributed by atoms with E-state index in [9.17, 15) is 4.79 Å². The quantitative estimate of drug-likeness (QED) is 0.864. The third-order valence-electron chi connectivity index (χ3n) is 4.33. The van der Waals surface area contributed by atoms with Crippen molar-refractivity contribution in [1.29, 1.82) is 0 Å². The Hall–Kier alpha value is -0.610. The van der Waals surface area contributed by atoms with Crippen LogP contribution >= 0.6 is 0 Å². The standard InChI is InChI=1S/C16H30N2O2/c1-13-10-18(11-14(2)20-13)12-16(19)17-15-8-6-4-3-5-7-9-15/h13-15H,3-12H2,1-2H3,(H,17,19)/t13-,14+. The van der Waals surface area contributed by atoms with Gasteiger partial charge in [0.15, 0.2) is 0 Å². The summed E-state index contributed by atoms with van der Waals surface area (Å²) in [4.78, 5) is 14.4. The van der Waals surface area contributed by atoms with Gasteiger partial charge in [-0.2, -0.15) is 0 Å². The average molecular weight is 282 g/mol. The van der Waals surface area contributed by atoms with Crippen molar-refractivity contribution in [2.45, 2.75) is 77.0 Å². The molecule has 2 rings (SSSR count). The van der Waals surface area contributed by atoms with Crippen LogP contribution in [0.25, 0.3) is 0 Å². The van der Waals surface area contributed by atoms with Gasteiger partial charge in [0.05, 0.1) is 18.8 Å². The van der Waals surface area contributed by atoms with Gasteiger partial charge in [-0.05, 0) is 26.7 Å². The van der Waals surface area contributed by atoms with E-state index in [4.69, 9.17) is 4.74 Å². The largest absolute Gasteiger partial charge is 0.373 e. The first kappa shape index (κ1) is 15.8. The lowest BCUT2D eigenvalue weighted by Crippen LogP contribution is -2.50. The van der Waals surface area contributed by atoms with Crippen LogP contribution in [0.4, 0.5) is 0 Å². The summed E-state index contributed by atoms with van der Waals surface area (Å²) in [5, 5.41) is 3.24. The van der Waals surface area contributed by atoms with E-state index in [-0.39, 0.29) is 18.1 Å². The van der Waals surface area contributed by atoms with E-state index in [1.807, 2.05) is 0 Å². The van der Waals surface area contributed by atoms with Crippen LogP contribution in [-0.2, 0) is 9.53 Å². The van der Waals surface area contributed by atoms with Crippen molar-refractivity contribution in [1.82, 2.24) is 10.2 Å². The first-order valence-corrected chi connectivity index (χ1v) is 8.30. The number of rotatable bonds is 3. The summed E-state index contributed by atoms with van der Waals surface area (Å²) in [6.45, 7) is 6.41. The smallest absolute Gasteiger partial charge is 0.234 e. The SMILES string of the molecule is C[C@@H]1CN(CC(=O)NC2CCCCCCC2)C[C@H](C)O1. The lowest BCUT2D eigenvalue weighted by Gasteiger charge is -2.35. The predicted octanol–water partition coefficient (Wildman–Crippen LogP) is 2.32. The molecule has 0 bridgehead atoms. The Bertz CT molecular complexity index is 291. The Morgan fingerprint density at radius 3 is 2.20 bits per heavy atom. The molecular formula is C16H30N2O2. The van der Waals surface area contributed by atoms with Crippen LogP contribution in [0.15, 0.2) is 0 Å². The average Bonchev–Trinajstić information content (AvgIpc) is 2.31. The number of hydrogen-bond acceptors (Lipinski definition) is 3. The molecule has 0 unspecified atom stereocenters. The molecule has 1 amide bonds. The molecule has 2 aliphatic rings. The van der Waals surface area contributed by atoms with Gasteiger partial charge in [-0.3, -0.25) is 9.69 Å². The first-order valence-electron chi connectivity index (χ1n) is 8.30. The summed E-state index contributed by atoms with van der Waals surface area (Å²) in [5.41, 5.74) is 0. The monoisotopic (exact) mass is 282 g/mol. The number of hydrogen-bond donors (Lipinski definition) is 1. The fraction of sp³-hybridized carbons (Fsp3) is 0.938. The molecule has 2 atom stereocenters. The highest BCUT2D eigenvalue weighted by molar-refractivity contribution is 5.78. The van der Waals surface area contributed by atoms with Gasteiger partial charge in [0.1, 0.15) is 0 Å². The first-order chi connectivity index (χ1) is 9.63. The zero-order chi connectivity index (χ0) is 14.4. The van der Waals surface area contributed by atoms with Crippen LogP contribution in [0.1, 0.15) is 58.8 Å². The predicted molar refractivity (Wildman–Crippen MR) is 80.7 cm³/mol. The Balaban J connectivity index is 1.73. The van der Waals surface area contributed by atoms with Crippen LogP contribution in [0.2, 0.25) is 0 Å². The van der Waals surface area contributed by atoms with Crippen molar-refractivity contribution in [2.75, 3.05) is 19.6 Å². The van der Waals surface area contributed by atoms with Crippen LogP contribution in [-0.4, -0.2) is 48.7 Å². The number of ether oxygens (including phenoxy) is 1. The van der Waals surface area contributed by atoms with Crippen LogP contribution in [0.3, 0.4) is 0 Å². The van der Waals surface area contributed by atoms with E-state index in [0.29, 0.717) is 12.6 Å². The van der Waals surface area contributed by atoms with E-state index >= 15 is 0 Å². The molecule has 116 valence electrons. The molecule has 0 radical (unpaired) electrons. The summed E-state index contributed by atoms with van der Waals surface area (Å²) >= 11 is 0. The van der Waals surface area contributed by atoms with Crippen molar-refractivity contribution in [3.63, 3.8) is 0 Å². The molecule has 1 aliphatic heterocycles. The molecule has 1 aliphatic carbocycles. The normalized spacial score (nSPS) is 30.5. The van der Waals surface area contributed by atoms with E-state index in [2.05, 4.69) is 24.1 Å². The highest BCUT2D eigenvalue weighted by Crippen LogP contribution is 2.17. The maximum atomic E-state index is 12.2. The van der Waals surface area contributed by atoms with E-state index in [0.717, 1.165) is 25.9 Å². The van der Waals surface area contributed by atoms with E-state index in [1.165, 1.54) is 32.1 Å². The van der Waals surface area contributed by atoms with Gasteiger partial charge >= 0.3 is 0 Å². The Morgan fingerprint density at radius 1 is 1.05 bits per heavy atom. The Morgan fingerprint density at radius 2 is 1.60 bits per heavy atom. The van der Waals surface area contributed by atoms with Crippen molar-refractivity contribution in [3.8, 4) is 0 Å². The van der Waals surface area contributed by atoms with E-state index < -0.39 is 0 Å². The summed E-state index contributed by atoms with van der Waals surface area (Å²) in [7, 11) is 0. The zero-order valence-corrected chi connectivity index (χ0v) is 13.1. The molecule has 0 aromatic rings. The highest BCUT2D eigenvalue weighted by Gasteiger charge is 2.24. The molecule has 1 heterocycles. The fourth-order valence-corrected chi connectivity index (χ4v) is 3.49. The van der Waals surface area contributed by atoms with Gasteiger partial charge in [-0.15, -0.1) is 0 Å². The van der Waals surface area contributed by atoms with Gasteiger partial charge in [-0.25, -0.2) is 0 Å². The second-order valence-corrected chi connectivity index (χ2v) is 6.56. The van der Waals surface area contributed by atoms with Gasteiger partial charge in [0.2, 0.25) is 5.91 Å². The Kier molecular flexibility index (Phi) is 6.30. The van der Waals surface area contributed by atoms with Crippen molar-refractivity contribution < 1.29 is 9.53 Å². The molecular weight excluding hydrogens is 252 g/mol. The maximum absolute atomic E-state index is 12.2. The van der Waals surface area contributed by atoms with Crippen molar-refractivity contribution in [3.05, 3.63) is 0 Å². The number of carbonyl (C=O) groups excluding carboxylic acids is 1. The third kappa shape index (κ3) is 5.41. The summed E-state index contributed by atoms with van der Waals surface area (Å²) in [6, 6.07) is 0.402. The summed E-state index contributed by atoms with van der Waals surface area (Å²) in [5.74, 6) is 0.192. The number of carbonyl (C=O) groups is 1.